The van der Waals surface area contributed by atoms with E-state index in [1.165, 1.54) is 13.2 Å². The minimum absolute atomic E-state index is 0.234. The third kappa shape index (κ3) is 2.61. The molecule has 4 nitrogen and oxygen atoms in total. The first-order valence-corrected chi connectivity index (χ1v) is 6.09. The van der Waals surface area contributed by atoms with Crippen LogP contribution in [0.25, 0.3) is 0 Å². The molecule has 0 amide bonds. The molecule has 0 saturated heterocycles. The molecule has 1 aromatic heterocycles. The lowest BCUT2D eigenvalue weighted by Gasteiger charge is -2.29. The number of nitrogens with zero attached hydrogens (tertiary/aromatic N) is 1. The molecule has 2 rings (SSSR count). The summed E-state index contributed by atoms with van der Waals surface area (Å²) in [4.78, 5) is 16.0. The van der Waals surface area contributed by atoms with Crippen molar-refractivity contribution in [2.75, 3.05) is 12.4 Å². The lowest BCUT2D eigenvalue weighted by Crippen LogP contribution is -2.41. The Hall–Kier alpha value is -2.43. The van der Waals surface area contributed by atoms with Crippen LogP contribution in [0.15, 0.2) is 48.8 Å². The molecule has 0 fully saturated rings. The zero-order valence-corrected chi connectivity index (χ0v) is 11.3. The average molecular weight is 274 g/mol. The van der Waals surface area contributed by atoms with Gasteiger partial charge >= 0.3 is 5.97 Å². The van der Waals surface area contributed by atoms with Gasteiger partial charge in [0.05, 0.1) is 12.8 Å². The highest BCUT2D eigenvalue weighted by Gasteiger charge is 2.37. The Kier molecular flexibility index (Phi) is 3.98. The summed E-state index contributed by atoms with van der Waals surface area (Å²) in [5, 5.41) is 2.91. The van der Waals surface area contributed by atoms with Crippen LogP contribution >= 0.6 is 0 Å². The number of hydrogen-bond donors (Lipinski definition) is 1. The van der Waals surface area contributed by atoms with Crippen LogP contribution in [0.1, 0.15) is 12.5 Å². The molecule has 0 aliphatic heterocycles. The summed E-state index contributed by atoms with van der Waals surface area (Å²) in [6.45, 7) is 1.64. The quantitative estimate of drug-likeness (QED) is 0.871. The normalized spacial score (nSPS) is 13.3. The van der Waals surface area contributed by atoms with Crippen molar-refractivity contribution in [3.05, 3.63) is 60.2 Å². The number of aromatic nitrogens is 1. The molecular weight excluding hydrogens is 259 g/mol. The molecule has 1 heterocycles. The Balaban J connectivity index is 2.44. The van der Waals surface area contributed by atoms with Crippen LogP contribution in [0.3, 0.4) is 0 Å². The number of pyridine rings is 1. The van der Waals surface area contributed by atoms with Gasteiger partial charge in [-0.3, -0.25) is 4.98 Å². The van der Waals surface area contributed by atoms with E-state index in [-0.39, 0.29) is 5.69 Å². The van der Waals surface area contributed by atoms with Gasteiger partial charge in [-0.25, -0.2) is 9.18 Å². The molecular formula is C15H15FN2O2. The van der Waals surface area contributed by atoms with Crippen LogP contribution in [0, 0.1) is 5.82 Å². The van der Waals surface area contributed by atoms with Crippen LogP contribution in [0.2, 0.25) is 0 Å². The summed E-state index contributed by atoms with van der Waals surface area (Å²) in [7, 11) is 1.30. The number of esters is 1. The van der Waals surface area contributed by atoms with Crippen molar-refractivity contribution in [3.8, 4) is 0 Å². The SMILES string of the molecule is COC(=O)C(C)(Nc1ccccc1F)c1ccncc1. The van der Waals surface area contributed by atoms with Gasteiger partial charge in [0.2, 0.25) is 0 Å². The largest absolute Gasteiger partial charge is 0.467 e. The monoisotopic (exact) mass is 274 g/mol. The zero-order chi connectivity index (χ0) is 14.6. The van der Waals surface area contributed by atoms with E-state index < -0.39 is 17.3 Å². The van der Waals surface area contributed by atoms with Gasteiger partial charge < -0.3 is 10.1 Å². The number of anilines is 1. The minimum Gasteiger partial charge on any atom is -0.467 e. The summed E-state index contributed by atoms with van der Waals surface area (Å²) in [6.07, 6.45) is 3.14. The topological polar surface area (TPSA) is 51.2 Å². The number of methoxy groups -OCH3 is 1. The lowest BCUT2D eigenvalue weighted by atomic mass is 9.92. The van der Waals surface area contributed by atoms with E-state index >= 15 is 0 Å². The Bertz CT molecular complexity index is 604. The minimum atomic E-state index is -1.19. The fourth-order valence-corrected chi connectivity index (χ4v) is 1.96. The molecule has 1 N–H and O–H groups in total. The van der Waals surface area contributed by atoms with E-state index in [1.54, 1.807) is 49.6 Å². The number of para-hydroxylation sites is 1. The molecule has 0 aliphatic rings. The van der Waals surface area contributed by atoms with Gasteiger partial charge in [-0.1, -0.05) is 12.1 Å². The summed E-state index contributed by atoms with van der Waals surface area (Å²) >= 11 is 0. The van der Waals surface area contributed by atoms with Crippen molar-refractivity contribution in [1.29, 1.82) is 0 Å². The van der Waals surface area contributed by atoms with Gasteiger partial charge in [0.15, 0.2) is 5.54 Å². The first-order valence-electron chi connectivity index (χ1n) is 6.09. The summed E-state index contributed by atoms with van der Waals surface area (Å²) in [5.41, 5.74) is -0.320. The summed E-state index contributed by atoms with van der Waals surface area (Å²) in [6, 6.07) is 9.54. The van der Waals surface area contributed by atoms with E-state index in [9.17, 15) is 9.18 Å². The molecule has 0 spiro atoms. The van der Waals surface area contributed by atoms with Gasteiger partial charge in [-0.2, -0.15) is 0 Å². The van der Waals surface area contributed by atoms with Gasteiger partial charge in [-0.05, 0) is 36.8 Å². The number of halogens is 1. The molecule has 0 radical (unpaired) electrons. The second-order valence-corrected chi connectivity index (χ2v) is 4.46. The van der Waals surface area contributed by atoms with Crippen molar-refractivity contribution >= 4 is 11.7 Å². The van der Waals surface area contributed by atoms with Crippen LogP contribution in [-0.4, -0.2) is 18.1 Å². The Morgan fingerprint density at radius 3 is 2.50 bits per heavy atom. The second kappa shape index (κ2) is 5.69. The van der Waals surface area contributed by atoms with Crippen molar-refractivity contribution in [1.82, 2.24) is 4.98 Å². The van der Waals surface area contributed by atoms with Crippen molar-refractivity contribution in [2.24, 2.45) is 0 Å². The van der Waals surface area contributed by atoms with Gasteiger partial charge in [0.1, 0.15) is 5.82 Å². The van der Waals surface area contributed by atoms with E-state index in [1.807, 2.05) is 0 Å². The lowest BCUT2D eigenvalue weighted by molar-refractivity contribution is -0.145. The molecule has 104 valence electrons. The highest BCUT2D eigenvalue weighted by atomic mass is 19.1. The average Bonchev–Trinajstić information content (AvgIpc) is 2.49. The maximum atomic E-state index is 13.8. The van der Waals surface area contributed by atoms with Crippen molar-refractivity contribution in [2.45, 2.75) is 12.5 Å². The van der Waals surface area contributed by atoms with E-state index in [2.05, 4.69) is 10.3 Å². The number of hydrogen-bond acceptors (Lipinski definition) is 4. The Morgan fingerprint density at radius 1 is 1.25 bits per heavy atom. The molecule has 0 bridgehead atoms. The number of carbonyl (C=O) groups is 1. The highest BCUT2D eigenvalue weighted by Crippen LogP contribution is 2.28. The zero-order valence-electron chi connectivity index (χ0n) is 11.3. The van der Waals surface area contributed by atoms with E-state index in [4.69, 9.17) is 4.74 Å². The number of rotatable bonds is 4. The van der Waals surface area contributed by atoms with Crippen LogP contribution < -0.4 is 5.32 Å². The molecule has 1 unspecified atom stereocenters. The summed E-state index contributed by atoms with van der Waals surface area (Å²) < 4.78 is 18.6. The summed E-state index contributed by atoms with van der Waals surface area (Å²) in [5.74, 6) is -0.941. The maximum Gasteiger partial charge on any atom is 0.335 e. The van der Waals surface area contributed by atoms with Crippen LogP contribution in [0.4, 0.5) is 10.1 Å². The Morgan fingerprint density at radius 2 is 1.90 bits per heavy atom. The third-order valence-electron chi connectivity index (χ3n) is 3.11. The first kappa shape index (κ1) is 14.0. The van der Waals surface area contributed by atoms with E-state index in [0.717, 1.165) is 0 Å². The Labute approximate surface area is 116 Å². The van der Waals surface area contributed by atoms with Gasteiger partial charge in [-0.15, -0.1) is 0 Å². The maximum absolute atomic E-state index is 13.8. The standard InChI is InChI=1S/C15H15FN2O2/c1-15(14(19)20-2,11-7-9-17-10-8-11)18-13-6-4-3-5-12(13)16/h3-10,18H,1-2H3. The second-order valence-electron chi connectivity index (χ2n) is 4.46. The predicted octanol–water partition coefficient (Wildman–Crippen LogP) is 2.72. The number of ether oxygens (including phenoxy) is 1. The number of benzene rings is 1. The fourth-order valence-electron chi connectivity index (χ4n) is 1.96. The number of nitrogens with one attached hydrogen (secondary N) is 1. The van der Waals surface area contributed by atoms with Crippen LogP contribution in [0.5, 0.6) is 0 Å². The molecule has 0 aliphatic carbocycles. The first-order chi connectivity index (χ1) is 9.58. The highest BCUT2D eigenvalue weighted by molar-refractivity contribution is 5.85. The molecule has 2 aromatic rings. The van der Waals surface area contributed by atoms with Crippen molar-refractivity contribution < 1.29 is 13.9 Å². The van der Waals surface area contributed by atoms with Gasteiger partial charge in [0, 0.05) is 12.4 Å². The smallest absolute Gasteiger partial charge is 0.335 e. The van der Waals surface area contributed by atoms with E-state index in [0.29, 0.717) is 5.56 Å². The third-order valence-corrected chi connectivity index (χ3v) is 3.11. The molecule has 20 heavy (non-hydrogen) atoms. The molecule has 0 saturated carbocycles. The van der Waals surface area contributed by atoms with Crippen molar-refractivity contribution in [3.63, 3.8) is 0 Å². The van der Waals surface area contributed by atoms with Gasteiger partial charge in [0.25, 0.3) is 0 Å². The fraction of sp³-hybridized carbons (Fsp3) is 0.200. The van der Waals surface area contributed by atoms with Crippen LogP contribution in [-0.2, 0) is 15.1 Å². The molecule has 5 heteroatoms. The number of carbonyl (C=O) groups excluding carboxylic acids is 1. The molecule has 1 aromatic carbocycles. The molecule has 1 atom stereocenters. The predicted molar refractivity (Wildman–Crippen MR) is 73.6 cm³/mol.